The number of ether oxygens (including phenoxy) is 2. The third kappa shape index (κ3) is 7.12. The van der Waals surface area contributed by atoms with Gasteiger partial charge in [-0.1, -0.05) is 0 Å². The minimum absolute atomic E-state index is 0.369. The summed E-state index contributed by atoms with van der Waals surface area (Å²) in [5.41, 5.74) is 0. The van der Waals surface area contributed by atoms with E-state index in [9.17, 15) is 0 Å². The molecule has 1 unspecified atom stereocenters. The minimum Gasteiger partial charge on any atom is -0.379 e. The van der Waals surface area contributed by atoms with Gasteiger partial charge in [-0.25, -0.2) is 0 Å². The van der Waals surface area contributed by atoms with E-state index in [1.807, 2.05) is 6.55 Å². The summed E-state index contributed by atoms with van der Waals surface area (Å²) in [6, 6.07) is 0. The van der Waals surface area contributed by atoms with Crippen molar-refractivity contribution in [2.75, 3.05) is 40.6 Å². The van der Waals surface area contributed by atoms with Crippen molar-refractivity contribution in [1.82, 2.24) is 0 Å². The number of hydrogen-bond donors (Lipinski definition) is 0. The van der Waals surface area contributed by atoms with Crippen LogP contribution in [0, 0.1) is 0 Å². The van der Waals surface area contributed by atoms with Crippen LogP contribution < -0.4 is 0 Å². The molecule has 17 heavy (non-hydrogen) atoms. The van der Waals surface area contributed by atoms with Gasteiger partial charge in [-0.2, -0.15) is 0 Å². The van der Waals surface area contributed by atoms with Crippen molar-refractivity contribution >= 4 is 8.80 Å². The summed E-state index contributed by atoms with van der Waals surface area (Å²) in [7, 11) is 0.930. The lowest BCUT2D eigenvalue weighted by molar-refractivity contribution is 0.0973. The van der Waals surface area contributed by atoms with Crippen molar-refractivity contribution in [3.8, 4) is 0 Å². The predicted octanol–water partition coefficient (Wildman–Crippen LogP) is 1.45. The fraction of sp³-hybridized carbons (Fsp3) is 1.00. The third-order valence-corrected chi connectivity index (χ3v) is 4.96. The van der Waals surface area contributed by atoms with Gasteiger partial charge in [0.2, 0.25) is 0 Å². The molecule has 0 amide bonds. The molecule has 0 bridgehead atoms. The summed E-state index contributed by atoms with van der Waals surface area (Å²) in [4.78, 5) is 0. The van der Waals surface area contributed by atoms with Crippen LogP contribution in [0.4, 0.5) is 0 Å². The molecule has 1 heterocycles. The number of unbranched alkanes of at least 4 members (excludes halogenated alkanes) is 2. The molecule has 0 spiro atoms. The second-order valence-corrected chi connectivity index (χ2v) is 7.04. The Bertz CT molecular complexity index is 194. The summed E-state index contributed by atoms with van der Waals surface area (Å²) in [5, 5.41) is 0. The number of hydrogen-bond acceptors (Lipinski definition) is 5. The molecular formula is C11H24O5Si. The molecule has 1 fully saturated rings. The molecule has 5 nitrogen and oxygen atoms in total. The molecule has 0 aromatic rings. The van der Waals surface area contributed by atoms with Crippen LogP contribution in [0.5, 0.6) is 0 Å². The maximum absolute atomic E-state index is 5.62. The van der Waals surface area contributed by atoms with Crippen molar-refractivity contribution in [3.05, 3.63) is 0 Å². The predicted molar refractivity (Wildman–Crippen MR) is 66.0 cm³/mol. The van der Waals surface area contributed by atoms with Crippen molar-refractivity contribution in [3.63, 3.8) is 0 Å². The summed E-state index contributed by atoms with van der Waals surface area (Å²) < 4.78 is 26.5. The lowest BCUT2D eigenvalue weighted by atomic mass is 10.2. The lowest BCUT2D eigenvalue weighted by Crippen LogP contribution is -2.40. The van der Waals surface area contributed by atoms with Crippen LogP contribution in [-0.2, 0) is 22.8 Å². The summed E-state index contributed by atoms with van der Waals surface area (Å²) in [5.74, 6) is 0. The first-order chi connectivity index (χ1) is 8.20. The third-order valence-electron chi connectivity index (χ3n) is 2.74. The Labute approximate surface area is 105 Å². The van der Waals surface area contributed by atoms with E-state index in [0.29, 0.717) is 12.7 Å². The normalized spacial score (nSPS) is 19.6. The molecule has 1 atom stereocenters. The maximum atomic E-state index is 5.62. The monoisotopic (exact) mass is 264 g/mol. The molecule has 102 valence electrons. The van der Waals surface area contributed by atoms with Gasteiger partial charge in [0.05, 0.1) is 13.2 Å². The Morgan fingerprint density at radius 3 is 2.35 bits per heavy atom. The van der Waals surface area contributed by atoms with Crippen molar-refractivity contribution in [2.45, 2.75) is 31.9 Å². The van der Waals surface area contributed by atoms with Gasteiger partial charge >= 0.3 is 8.80 Å². The molecule has 0 saturated carbocycles. The van der Waals surface area contributed by atoms with Gasteiger partial charge in [0.1, 0.15) is 6.10 Å². The average Bonchev–Trinajstić information content (AvgIpc) is 3.16. The van der Waals surface area contributed by atoms with E-state index in [1.165, 1.54) is 0 Å². The highest BCUT2D eigenvalue weighted by Gasteiger charge is 2.31. The van der Waals surface area contributed by atoms with Crippen LogP contribution in [0.3, 0.4) is 0 Å². The molecule has 1 aliphatic rings. The van der Waals surface area contributed by atoms with E-state index in [2.05, 4.69) is 0 Å². The highest BCUT2D eigenvalue weighted by atomic mass is 28.4. The molecule has 0 aliphatic carbocycles. The van der Waals surface area contributed by atoms with Gasteiger partial charge in [0.15, 0.2) is 0 Å². The molecule has 0 aromatic carbocycles. The van der Waals surface area contributed by atoms with Crippen molar-refractivity contribution in [2.24, 2.45) is 0 Å². The Morgan fingerprint density at radius 2 is 1.76 bits per heavy atom. The SMILES string of the molecule is CO[Si](C)(OC)OCCCCCOCC1CO1. The molecular weight excluding hydrogens is 240 g/mol. The van der Waals surface area contributed by atoms with Gasteiger partial charge in [-0.15, -0.1) is 0 Å². The maximum Gasteiger partial charge on any atom is 0.497 e. The first-order valence-electron chi connectivity index (χ1n) is 6.14. The van der Waals surface area contributed by atoms with Gasteiger partial charge in [0, 0.05) is 34.0 Å². The first-order valence-corrected chi connectivity index (χ1v) is 8.36. The zero-order valence-electron chi connectivity index (χ0n) is 11.1. The van der Waals surface area contributed by atoms with Crippen LogP contribution in [0.25, 0.3) is 0 Å². The Morgan fingerprint density at radius 1 is 1.12 bits per heavy atom. The fourth-order valence-electron chi connectivity index (χ4n) is 1.32. The van der Waals surface area contributed by atoms with Crippen LogP contribution in [0.2, 0.25) is 6.55 Å². The summed E-state index contributed by atoms with van der Waals surface area (Å²) in [6.45, 7) is 5.00. The van der Waals surface area contributed by atoms with Crippen molar-refractivity contribution < 1.29 is 22.8 Å². The Hall–Kier alpha value is 0.0169. The van der Waals surface area contributed by atoms with E-state index in [1.54, 1.807) is 14.2 Å². The largest absolute Gasteiger partial charge is 0.497 e. The molecule has 1 aliphatic heterocycles. The van der Waals surface area contributed by atoms with Gasteiger partial charge in [-0.05, 0) is 19.3 Å². The van der Waals surface area contributed by atoms with Crippen LogP contribution in [-0.4, -0.2) is 55.6 Å². The number of epoxide rings is 1. The average molecular weight is 264 g/mol. The molecule has 0 aromatic heterocycles. The van der Waals surface area contributed by atoms with E-state index in [4.69, 9.17) is 22.8 Å². The number of rotatable bonds is 11. The standard InChI is InChI=1S/C11H24O5Si/c1-12-17(3,13-2)16-8-6-4-5-7-14-9-11-10-15-11/h11H,4-10H2,1-3H3. The van der Waals surface area contributed by atoms with Gasteiger partial charge < -0.3 is 22.8 Å². The van der Waals surface area contributed by atoms with Crippen LogP contribution in [0.15, 0.2) is 0 Å². The van der Waals surface area contributed by atoms with E-state index in [-0.39, 0.29) is 0 Å². The van der Waals surface area contributed by atoms with Gasteiger partial charge in [-0.3, -0.25) is 0 Å². The van der Waals surface area contributed by atoms with Crippen LogP contribution >= 0.6 is 0 Å². The zero-order chi connectivity index (χ0) is 12.6. The van der Waals surface area contributed by atoms with E-state index < -0.39 is 8.80 Å². The Kier molecular flexibility index (Phi) is 7.25. The van der Waals surface area contributed by atoms with E-state index >= 15 is 0 Å². The fourth-order valence-corrected chi connectivity index (χ4v) is 2.24. The smallest absolute Gasteiger partial charge is 0.379 e. The summed E-state index contributed by atoms with van der Waals surface area (Å²) in [6.07, 6.45) is 3.55. The molecule has 1 rings (SSSR count). The Balaban J connectivity index is 1.82. The van der Waals surface area contributed by atoms with Gasteiger partial charge in [0.25, 0.3) is 0 Å². The highest BCUT2D eigenvalue weighted by Crippen LogP contribution is 2.10. The molecule has 1 saturated heterocycles. The van der Waals surface area contributed by atoms with Crippen LogP contribution in [0.1, 0.15) is 19.3 Å². The van der Waals surface area contributed by atoms with Crippen molar-refractivity contribution in [1.29, 1.82) is 0 Å². The topological polar surface area (TPSA) is 49.5 Å². The minimum atomic E-state index is -2.33. The van der Waals surface area contributed by atoms with E-state index in [0.717, 1.165) is 39.1 Å². The first kappa shape index (κ1) is 15.1. The highest BCUT2D eigenvalue weighted by molar-refractivity contribution is 6.59. The quantitative estimate of drug-likeness (QED) is 0.321. The summed E-state index contributed by atoms with van der Waals surface area (Å²) >= 11 is 0. The molecule has 0 radical (unpaired) electrons. The molecule has 6 heteroatoms. The second kappa shape index (κ2) is 8.18. The zero-order valence-corrected chi connectivity index (χ0v) is 12.1. The second-order valence-electron chi connectivity index (χ2n) is 4.21. The lowest BCUT2D eigenvalue weighted by Gasteiger charge is -2.21. The molecule has 0 N–H and O–H groups in total.